The summed E-state index contributed by atoms with van der Waals surface area (Å²) in [5, 5.41) is 0. The third-order valence-corrected chi connectivity index (χ3v) is 3.15. The van der Waals surface area contributed by atoms with Gasteiger partial charge in [-0.05, 0) is 19.3 Å². The maximum atomic E-state index is 9.87. The molecule has 0 atom stereocenters. The Morgan fingerprint density at radius 1 is 0.619 bits per heavy atom. The number of quaternary nitrogens is 1. The molecule has 0 amide bonds. The van der Waals surface area contributed by atoms with Crippen LogP contribution in [-0.2, 0) is 0 Å². The van der Waals surface area contributed by atoms with E-state index in [4.69, 9.17) is 0 Å². The van der Waals surface area contributed by atoms with Gasteiger partial charge in [0.2, 0.25) is 0 Å². The monoisotopic (exact) mass is 345 g/mol. The Balaban J connectivity index is 0. The van der Waals surface area contributed by atoms with Crippen molar-refractivity contribution in [2.45, 2.75) is 59.3 Å². The van der Waals surface area contributed by atoms with E-state index in [2.05, 4.69) is 27.8 Å². The topological polar surface area (TPSA) is 0 Å². The average molecular weight is 345 g/mol. The Bertz CT molecular complexity index is 241. The molecule has 0 fully saturated rings. The fourth-order valence-electron chi connectivity index (χ4n) is 1.95. The van der Waals surface area contributed by atoms with Crippen molar-refractivity contribution < 1.29 is 29.7 Å². The number of hydrogen-bond donors (Lipinski definition) is 0. The quantitative estimate of drug-likeness (QED) is 0.235. The van der Waals surface area contributed by atoms with Crippen LogP contribution in [0.4, 0.5) is 25.2 Å². The minimum atomic E-state index is -10.7. The number of rotatable bonds is 9. The molecular formula is C13H30F6NP. The van der Waals surface area contributed by atoms with Gasteiger partial charge in [-0.1, -0.05) is 40.0 Å². The van der Waals surface area contributed by atoms with Crippen molar-refractivity contribution in [2.75, 3.05) is 26.7 Å². The van der Waals surface area contributed by atoms with Gasteiger partial charge in [-0.25, -0.2) is 0 Å². The molecule has 0 radical (unpaired) electrons. The molecule has 0 bridgehead atoms. The molecule has 134 valence electrons. The Labute approximate surface area is 124 Å². The van der Waals surface area contributed by atoms with E-state index in [9.17, 15) is 25.2 Å². The van der Waals surface area contributed by atoms with Crippen molar-refractivity contribution in [3.63, 3.8) is 0 Å². The van der Waals surface area contributed by atoms with E-state index in [-0.39, 0.29) is 0 Å². The first-order valence-electron chi connectivity index (χ1n) is 7.53. The molecule has 0 aliphatic rings. The summed E-state index contributed by atoms with van der Waals surface area (Å²) in [7, 11) is -8.21. The van der Waals surface area contributed by atoms with E-state index in [0.29, 0.717) is 0 Å². The second-order valence-electron chi connectivity index (χ2n) is 5.81. The third kappa shape index (κ3) is 28.8. The molecule has 0 aliphatic heterocycles. The van der Waals surface area contributed by atoms with Crippen LogP contribution in [0.2, 0.25) is 0 Å². The standard InChI is InChI=1S/C13H30N.F6P/c1-5-8-11-14(4,12-9-6-2)13-10-7-3;1-7(2,3,4,5)6/h5-13H2,1-4H3;/q+1;-1. The van der Waals surface area contributed by atoms with E-state index < -0.39 is 7.81 Å². The normalized spacial score (nSPS) is 15.7. The summed E-state index contributed by atoms with van der Waals surface area (Å²) in [5.41, 5.74) is 0. The predicted octanol–water partition coefficient (Wildman–Crippen LogP) is 7.22. The van der Waals surface area contributed by atoms with Gasteiger partial charge in [-0.2, -0.15) is 0 Å². The first-order valence-corrected chi connectivity index (χ1v) is 9.56. The van der Waals surface area contributed by atoms with Crippen molar-refractivity contribution in [2.24, 2.45) is 0 Å². The van der Waals surface area contributed by atoms with Crippen LogP contribution in [0.1, 0.15) is 59.3 Å². The first-order chi connectivity index (χ1) is 9.13. The van der Waals surface area contributed by atoms with Gasteiger partial charge in [0.05, 0.1) is 26.7 Å². The van der Waals surface area contributed by atoms with E-state index >= 15 is 0 Å². The Morgan fingerprint density at radius 2 is 0.810 bits per heavy atom. The summed E-state index contributed by atoms with van der Waals surface area (Å²) >= 11 is 0. The van der Waals surface area contributed by atoms with E-state index in [1.54, 1.807) is 0 Å². The van der Waals surface area contributed by atoms with Gasteiger partial charge in [0, 0.05) is 0 Å². The predicted molar refractivity (Wildman–Crippen MR) is 79.1 cm³/mol. The molecule has 0 aliphatic carbocycles. The maximum absolute atomic E-state index is 10.7. The van der Waals surface area contributed by atoms with Crippen LogP contribution < -0.4 is 0 Å². The molecule has 0 N–H and O–H groups in total. The van der Waals surface area contributed by atoms with Gasteiger partial charge in [-0.3, -0.25) is 0 Å². The van der Waals surface area contributed by atoms with Gasteiger partial charge >= 0.3 is 33.0 Å². The van der Waals surface area contributed by atoms with Gasteiger partial charge in [0.15, 0.2) is 0 Å². The fraction of sp³-hybridized carbons (Fsp3) is 1.00. The molecule has 0 heterocycles. The van der Waals surface area contributed by atoms with E-state index in [1.807, 2.05) is 0 Å². The molecule has 0 saturated heterocycles. The molecule has 0 spiro atoms. The summed E-state index contributed by atoms with van der Waals surface area (Å²) in [5.74, 6) is 0. The fourth-order valence-corrected chi connectivity index (χ4v) is 1.95. The Hall–Kier alpha value is -0.0300. The molecule has 0 unspecified atom stereocenters. The van der Waals surface area contributed by atoms with Crippen LogP contribution in [0.3, 0.4) is 0 Å². The van der Waals surface area contributed by atoms with Crippen molar-refractivity contribution in [1.29, 1.82) is 0 Å². The first kappa shape index (κ1) is 23.2. The van der Waals surface area contributed by atoms with Crippen LogP contribution in [0.5, 0.6) is 0 Å². The summed E-state index contributed by atoms with van der Waals surface area (Å²) in [6.45, 7) is 11.0. The van der Waals surface area contributed by atoms with Crippen LogP contribution >= 0.6 is 7.81 Å². The second kappa shape index (κ2) is 8.00. The van der Waals surface area contributed by atoms with Gasteiger partial charge in [-0.15, -0.1) is 0 Å². The molecule has 21 heavy (non-hydrogen) atoms. The van der Waals surface area contributed by atoms with E-state index in [1.165, 1.54) is 62.6 Å². The van der Waals surface area contributed by atoms with Gasteiger partial charge in [0.1, 0.15) is 0 Å². The number of halogens is 6. The summed E-state index contributed by atoms with van der Waals surface area (Å²) in [6.07, 6.45) is 8.20. The van der Waals surface area contributed by atoms with Crippen molar-refractivity contribution in [1.82, 2.24) is 0 Å². The van der Waals surface area contributed by atoms with Crippen molar-refractivity contribution >= 4 is 7.81 Å². The molecule has 0 aromatic carbocycles. The van der Waals surface area contributed by atoms with E-state index in [0.717, 1.165) is 0 Å². The second-order valence-corrected chi connectivity index (χ2v) is 7.73. The van der Waals surface area contributed by atoms with Crippen LogP contribution in [0, 0.1) is 0 Å². The minimum absolute atomic E-state index is 1.32. The van der Waals surface area contributed by atoms with Crippen LogP contribution in [-0.4, -0.2) is 31.2 Å². The zero-order valence-corrected chi connectivity index (χ0v) is 14.4. The zero-order chi connectivity index (χ0) is 17.3. The summed E-state index contributed by atoms with van der Waals surface area (Å²) in [4.78, 5) is 0. The Morgan fingerprint density at radius 3 is 0.952 bits per heavy atom. The van der Waals surface area contributed by atoms with Crippen LogP contribution in [0.15, 0.2) is 0 Å². The molecular weight excluding hydrogens is 315 g/mol. The third-order valence-electron chi connectivity index (χ3n) is 3.15. The molecule has 8 heteroatoms. The molecule has 0 saturated carbocycles. The molecule has 0 aromatic heterocycles. The summed E-state index contributed by atoms with van der Waals surface area (Å²) in [6, 6.07) is 0. The Kier molecular flexibility index (Phi) is 8.85. The molecule has 1 nitrogen and oxygen atoms in total. The number of hydrogen-bond acceptors (Lipinski definition) is 0. The van der Waals surface area contributed by atoms with Gasteiger partial charge in [0.25, 0.3) is 0 Å². The van der Waals surface area contributed by atoms with Gasteiger partial charge < -0.3 is 4.48 Å². The number of nitrogens with zero attached hydrogens (tertiary/aromatic N) is 1. The zero-order valence-electron chi connectivity index (χ0n) is 13.5. The average Bonchev–Trinajstić information content (AvgIpc) is 2.28. The SMILES string of the molecule is CCCC[N+](C)(CCCC)CCCC.F[P-](F)(F)(F)(F)F. The van der Waals surface area contributed by atoms with Crippen molar-refractivity contribution in [3.8, 4) is 0 Å². The number of unbranched alkanes of at least 4 members (excludes halogenated alkanes) is 3. The molecule has 0 aromatic rings. The summed E-state index contributed by atoms with van der Waals surface area (Å²) < 4.78 is 60.5. The van der Waals surface area contributed by atoms with Crippen LogP contribution in [0.25, 0.3) is 0 Å². The molecule has 0 rings (SSSR count). The van der Waals surface area contributed by atoms with Crippen molar-refractivity contribution in [3.05, 3.63) is 0 Å².